The third-order valence-electron chi connectivity index (χ3n) is 1.69. The molecule has 0 saturated heterocycles. The van der Waals surface area contributed by atoms with Gasteiger partial charge in [-0.3, -0.25) is 0 Å². The van der Waals surface area contributed by atoms with Crippen molar-refractivity contribution in [1.29, 1.82) is 0 Å². The molecule has 0 bridgehead atoms. The molecule has 2 N–H and O–H groups in total. The Morgan fingerprint density at radius 1 is 1.69 bits per heavy atom. The molecule has 1 heterocycles. The number of hydrogen-bond donors (Lipinski definition) is 1. The molecule has 1 aromatic heterocycles. The monoisotopic (exact) mass is 182 g/mol. The predicted octanol–water partition coefficient (Wildman–Crippen LogP) is 1.92. The summed E-state index contributed by atoms with van der Waals surface area (Å²) in [4.78, 5) is 3.96. The van der Waals surface area contributed by atoms with E-state index >= 15 is 0 Å². The summed E-state index contributed by atoms with van der Waals surface area (Å²) in [5.74, 6) is -0.234. The molecule has 0 saturated carbocycles. The van der Waals surface area contributed by atoms with Crippen LogP contribution in [0, 0.1) is 6.92 Å². The van der Waals surface area contributed by atoms with E-state index in [0.29, 0.717) is 22.8 Å². The minimum absolute atomic E-state index is 0.307. The first-order valence-corrected chi connectivity index (χ1v) is 3.72. The van der Waals surface area contributed by atoms with Crippen LogP contribution in [0.4, 0.5) is 10.1 Å². The molecule has 0 unspecified atom stereocenters. The summed E-state index contributed by atoms with van der Waals surface area (Å²) in [5, 5.41) is 0. The lowest BCUT2D eigenvalue weighted by atomic mass is 10.2. The maximum atomic E-state index is 12.8. The molecule has 1 rings (SSSR count). The van der Waals surface area contributed by atoms with Crippen LogP contribution in [-0.4, -0.2) is 12.1 Å². The van der Waals surface area contributed by atoms with Gasteiger partial charge in [-0.1, -0.05) is 6.58 Å². The maximum absolute atomic E-state index is 12.8. The van der Waals surface area contributed by atoms with Crippen LogP contribution in [0.15, 0.2) is 12.6 Å². The number of hydrogen-bond acceptors (Lipinski definition) is 3. The fourth-order valence-electron chi connectivity index (χ4n) is 1.04. The second kappa shape index (κ2) is 3.43. The highest BCUT2D eigenvalue weighted by Gasteiger charge is 2.08. The van der Waals surface area contributed by atoms with Gasteiger partial charge >= 0.3 is 0 Å². The normalized spacial score (nSPS) is 9.77. The lowest BCUT2D eigenvalue weighted by molar-refractivity contribution is 0.399. The topological polar surface area (TPSA) is 48.1 Å². The van der Waals surface area contributed by atoms with Crippen molar-refractivity contribution in [3.05, 3.63) is 23.9 Å². The van der Waals surface area contributed by atoms with Crippen LogP contribution in [0.1, 0.15) is 11.3 Å². The van der Waals surface area contributed by atoms with Crippen LogP contribution in [0.2, 0.25) is 0 Å². The average Bonchev–Trinajstić information content (AvgIpc) is 2.07. The highest BCUT2D eigenvalue weighted by Crippen LogP contribution is 2.25. The largest absolute Gasteiger partial charge is 0.480 e. The number of methoxy groups -OCH3 is 1. The van der Waals surface area contributed by atoms with Gasteiger partial charge in [-0.05, 0) is 13.0 Å². The molecule has 4 heteroatoms. The van der Waals surface area contributed by atoms with Gasteiger partial charge in [0, 0.05) is 5.56 Å². The highest BCUT2D eigenvalue weighted by atomic mass is 19.1. The molecule has 0 spiro atoms. The van der Waals surface area contributed by atoms with E-state index in [0.717, 1.165) is 0 Å². The standard InChI is InChI=1S/C9H11FN2O/c1-5(10)7-4-8(11)9(13-3)12-6(7)2/h4H,1,11H2,2-3H3. The Morgan fingerprint density at radius 2 is 2.31 bits per heavy atom. The van der Waals surface area contributed by atoms with Crippen molar-refractivity contribution in [1.82, 2.24) is 4.98 Å². The Bertz CT molecular complexity index is 350. The predicted molar refractivity (Wildman–Crippen MR) is 50.1 cm³/mol. The minimum atomic E-state index is -0.542. The number of halogens is 1. The van der Waals surface area contributed by atoms with Crippen LogP contribution in [0.3, 0.4) is 0 Å². The van der Waals surface area contributed by atoms with Crippen molar-refractivity contribution in [2.75, 3.05) is 12.8 Å². The van der Waals surface area contributed by atoms with E-state index in [9.17, 15) is 4.39 Å². The van der Waals surface area contributed by atoms with Gasteiger partial charge in [0.15, 0.2) is 0 Å². The second-order valence-electron chi connectivity index (χ2n) is 2.62. The van der Waals surface area contributed by atoms with Crippen LogP contribution >= 0.6 is 0 Å². The Hall–Kier alpha value is -1.58. The Morgan fingerprint density at radius 3 is 2.77 bits per heavy atom. The summed E-state index contributed by atoms with van der Waals surface area (Å²) in [6.07, 6.45) is 0. The van der Waals surface area contributed by atoms with Gasteiger partial charge in [0.25, 0.3) is 0 Å². The summed E-state index contributed by atoms with van der Waals surface area (Å²) in [6.45, 7) is 4.85. The molecule has 0 radical (unpaired) electrons. The molecule has 0 aliphatic rings. The molecule has 13 heavy (non-hydrogen) atoms. The van der Waals surface area contributed by atoms with Gasteiger partial charge in [-0.15, -0.1) is 0 Å². The van der Waals surface area contributed by atoms with Crippen molar-refractivity contribution in [3.63, 3.8) is 0 Å². The molecule has 70 valence electrons. The molecule has 3 nitrogen and oxygen atoms in total. The maximum Gasteiger partial charge on any atom is 0.237 e. The van der Waals surface area contributed by atoms with Crippen molar-refractivity contribution < 1.29 is 9.13 Å². The number of ether oxygens (including phenoxy) is 1. The highest BCUT2D eigenvalue weighted by molar-refractivity contribution is 5.65. The summed E-state index contributed by atoms with van der Waals surface area (Å²) < 4.78 is 17.7. The van der Waals surface area contributed by atoms with Crippen molar-refractivity contribution in [2.24, 2.45) is 0 Å². The Labute approximate surface area is 76.0 Å². The van der Waals surface area contributed by atoms with Gasteiger partial charge in [0.05, 0.1) is 18.5 Å². The van der Waals surface area contributed by atoms with E-state index in [1.54, 1.807) is 6.92 Å². The average molecular weight is 182 g/mol. The quantitative estimate of drug-likeness (QED) is 0.760. The van der Waals surface area contributed by atoms with Crippen LogP contribution in [0.5, 0.6) is 5.88 Å². The van der Waals surface area contributed by atoms with E-state index in [1.165, 1.54) is 13.2 Å². The first-order chi connectivity index (χ1) is 6.06. The van der Waals surface area contributed by atoms with Gasteiger partial charge in [0.2, 0.25) is 5.88 Å². The van der Waals surface area contributed by atoms with Gasteiger partial charge in [-0.25, -0.2) is 9.37 Å². The fourth-order valence-corrected chi connectivity index (χ4v) is 1.04. The van der Waals surface area contributed by atoms with Gasteiger partial charge in [0.1, 0.15) is 5.83 Å². The summed E-state index contributed by atoms with van der Waals surface area (Å²) in [6, 6.07) is 1.46. The van der Waals surface area contributed by atoms with E-state index < -0.39 is 5.83 Å². The third kappa shape index (κ3) is 1.77. The lowest BCUT2D eigenvalue weighted by Gasteiger charge is -2.07. The van der Waals surface area contributed by atoms with E-state index in [1.807, 2.05) is 0 Å². The van der Waals surface area contributed by atoms with Gasteiger partial charge < -0.3 is 10.5 Å². The summed E-state index contributed by atoms with van der Waals surface area (Å²) in [7, 11) is 1.46. The second-order valence-corrected chi connectivity index (χ2v) is 2.62. The molecule has 1 aromatic rings. The molecule has 0 amide bonds. The van der Waals surface area contributed by atoms with Crippen LogP contribution in [0.25, 0.3) is 5.83 Å². The number of pyridine rings is 1. The third-order valence-corrected chi connectivity index (χ3v) is 1.69. The zero-order chi connectivity index (χ0) is 10.0. The number of anilines is 1. The van der Waals surface area contributed by atoms with E-state index in [2.05, 4.69) is 11.6 Å². The molecule has 0 atom stereocenters. The number of nitrogens with two attached hydrogens (primary N) is 1. The Kier molecular flexibility index (Phi) is 2.51. The Balaban J connectivity index is 3.28. The van der Waals surface area contributed by atoms with Gasteiger partial charge in [-0.2, -0.15) is 0 Å². The summed E-state index contributed by atoms with van der Waals surface area (Å²) >= 11 is 0. The minimum Gasteiger partial charge on any atom is -0.480 e. The number of aromatic nitrogens is 1. The van der Waals surface area contributed by atoms with E-state index in [-0.39, 0.29) is 0 Å². The number of aryl methyl sites for hydroxylation is 1. The van der Waals surface area contributed by atoms with Crippen molar-refractivity contribution >= 4 is 11.5 Å². The molecular weight excluding hydrogens is 171 g/mol. The fraction of sp³-hybridized carbons (Fsp3) is 0.222. The SMILES string of the molecule is C=C(F)c1cc(N)c(OC)nc1C. The zero-order valence-corrected chi connectivity index (χ0v) is 7.60. The molecule has 0 aliphatic heterocycles. The first kappa shape index (κ1) is 9.51. The number of rotatable bonds is 2. The smallest absolute Gasteiger partial charge is 0.237 e. The molecular formula is C9H11FN2O. The number of nitrogens with zero attached hydrogens (tertiary/aromatic N) is 1. The number of nitrogen functional groups attached to an aromatic ring is 1. The first-order valence-electron chi connectivity index (χ1n) is 3.72. The summed E-state index contributed by atoms with van der Waals surface area (Å²) in [5.41, 5.74) is 6.68. The molecule has 0 aromatic carbocycles. The van der Waals surface area contributed by atoms with Crippen LogP contribution < -0.4 is 10.5 Å². The van der Waals surface area contributed by atoms with Crippen molar-refractivity contribution in [3.8, 4) is 5.88 Å². The lowest BCUT2D eigenvalue weighted by Crippen LogP contribution is -1.99. The molecule has 0 fully saturated rings. The zero-order valence-electron chi connectivity index (χ0n) is 7.60. The van der Waals surface area contributed by atoms with E-state index in [4.69, 9.17) is 10.5 Å². The molecule has 0 aliphatic carbocycles. The van der Waals surface area contributed by atoms with Crippen molar-refractivity contribution in [2.45, 2.75) is 6.92 Å². The van der Waals surface area contributed by atoms with Crippen LogP contribution in [-0.2, 0) is 0 Å².